The molecule has 2 aromatic heterocycles. The molecule has 0 amide bonds. The molecule has 0 saturated carbocycles. The SMILES string of the molecule is c1ccc2c(c1)CCc1c-2n(-c2ccc(-c3ccc(-n4c5ccccc5c5ccccc54)cc3)cc2)c2ccccc12. The van der Waals surface area contributed by atoms with Gasteiger partial charge in [-0.05, 0) is 77.6 Å². The molecular weight excluding hydrogens is 508 g/mol. The molecule has 0 aliphatic heterocycles. The largest absolute Gasteiger partial charge is 0.309 e. The van der Waals surface area contributed by atoms with Crippen molar-refractivity contribution < 1.29 is 0 Å². The van der Waals surface area contributed by atoms with Gasteiger partial charge < -0.3 is 9.13 Å². The highest BCUT2D eigenvalue weighted by Gasteiger charge is 2.24. The molecule has 0 radical (unpaired) electrons. The van der Waals surface area contributed by atoms with E-state index in [1.807, 2.05) is 0 Å². The molecular formula is C40H28N2. The Hall–Kier alpha value is -5.34. The molecule has 0 saturated heterocycles. The maximum absolute atomic E-state index is 2.47. The lowest BCUT2D eigenvalue weighted by Crippen LogP contribution is -2.06. The maximum Gasteiger partial charge on any atom is 0.0575 e. The van der Waals surface area contributed by atoms with E-state index in [0.717, 1.165) is 12.8 Å². The van der Waals surface area contributed by atoms with Crippen LogP contribution in [0.1, 0.15) is 11.1 Å². The molecule has 42 heavy (non-hydrogen) atoms. The summed E-state index contributed by atoms with van der Waals surface area (Å²) in [5.74, 6) is 0. The Morgan fingerprint density at radius 2 is 0.857 bits per heavy atom. The van der Waals surface area contributed by atoms with Gasteiger partial charge in [0, 0.05) is 33.1 Å². The predicted molar refractivity (Wildman–Crippen MR) is 176 cm³/mol. The Bertz CT molecular complexity index is 2230. The summed E-state index contributed by atoms with van der Waals surface area (Å²) in [6, 6.07) is 53.2. The molecule has 0 bridgehead atoms. The molecule has 2 heteroatoms. The van der Waals surface area contributed by atoms with Gasteiger partial charge in [0.25, 0.3) is 0 Å². The lowest BCUT2D eigenvalue weighted by atomic mass is 9.89. The molecule has 0 fully saturated rings. The second-order valence-corrected chi connectivity index (χ2v) is 11.3. The number of nitrogens with zero attached hydrogens (tertiary/aromatic N) is 2. The first-order chi connectivity index (χ1) is 20.8. The minimum atomic E-state index is 1.08. The molecule has 0 unspecified atom stereocenters. The van der Waals surface area contributed by atoms with Gasteiger partial charge in [0.2, 0.25) is 0 Å². The molecule has 9 rings (SSSR count). The number of aryl methyl sites for hydroxylation is 2. The Morgan fingerprint density at radius 3 is 1.48 bits per heavy atom. The van der Waals surface area contributed by atoms with Crippen molar-refractivity contribution in [2.24, 2.45) is 0 Å². The van der Waals surface area contributed by atoms with Crippen molar-refractivity contribution in [3.05, 3.63) is 157 Å². The zero-order valence-electron chi connectivity index (χ0n) is 23.2. The van der Waals surface area contributed by atoms with Crippen molar-refractivity contribution in [1.82, 2.24) is 9.13 Å². The van der Waals surface area contributed by atoms with Crippen molar-refractivity contribution in [3.63, 3.8) is 0 Å². The first kappa shape index (κ1) is 23.4. The van der Waals surface area contributed by atoms with E-state index in [9.17, 15) is 0 Å². The van der Waals surface area contributed by atoms with Crippen molar-refractivity contribution >= 4 is 32.7 Å². The summed E-state index contributed by atoms with van der Waals surface area (Å²) < 4.78 is 4.84. The number of aromatic nitrogens is 2. The number of benzene rings is 6. The van der Waals surface area contributed by atoms with Crippen molar-refractivity contribution in [1.29, 1.82) is 0 Å². The third kappa shape index (κ3) is 3.39. The summed E-state index contributed by atoms with van der Waals surface area (Å²) in [4.78, 5) is 0. The van der Waals surface area contributed by atoms with Crippen LogP contribution in [0.5, 0.6) is 0 Å². The predicted octanol–water partition coefficient (Wildman–Crippen LogP) is 10.2. The summed E-state index contributed by atoms with van der Waals surface area (Å²) in [7, 11) is 0. The van der Waals surface area contributed by atoms with E-state index in [0.29, 0.717) is 0 Å². The van der Waals surface area contributed by atoms with E-state index < -0.39 is 0 Å². The van der Waals surface area contributed by atoms with Crippen LogP contribution in [0.15, 0.2) is 146 Å². The summed E-state index contributed by atoms with van der Waals surface area (Å²) >= 11 is 0. The van der Waals surface area contributed by atoms with Crippen LogP contribution < -0.4 is 0 Å². The van der Waals surface area contributed by atoms with Crippen LogP contribution in [0.3, 0.4) is 0 Å². The minimum absolute atomic E-state index is 1.08. The van der Waals surface area contributed by atoms with Crippen LogP contribution in [-0.4, -0.2) is 9.13 Å². The fraction of sp³-hybridized carbons (Fsp3) is 0.0500. The molecule has 1 aliphatic carbocycles. The zero-order valence-corrected chi connectivity index (χ0v) is 23.2. The van der Waals surface area contributed by atoms with Gasteiger partial charge >= 0.3 is 0 Å². The quantitative estimate of drug-likeness (QED) is 0.213. The Kier molecular flexibility index (Phi) is 5.06. The summed E-state index contributed by atoms with van der Waals surface area (Å²) in [5, 5.41) is 3.94. The van der Waals surface area contributed by atoms with Gasteiger partial charge in [0.15, 0.2) is 0 Å². The van der Waals surface area contributed by atoms with Crippen LogP contribution in [0, 0.1) is 0 Å². The van der Waals surface area contributed by atoms with Crippen molar-refractivity contribution in [2.45, 2.75) is 12.8 Å². The number of hydrogen-bond donors (Lipinski definition) is 0. The van der Waals surface area contributed by atoms with E-state index in [4.69, 9.17) is 0 Å². The number of fused-ring (bicyclic) bond motifs is 8. The molecule has 0 spiro atoms. The highest BCUT2D eigenvalue weighted by molar-refractivity contribution is 6.09. The summed E-state index contributed by atoms with van der Waals surface area (Å²) in [6.07, 6.45) is 2.18. The van der Waals surface area contributed by atoms with E-state index >= 15 is 0 Å². The maximum atomic E-state index is 2.47. The van der Waals surface area contributed by atoms with Gasteiger partial charge in [-0.3, -0.25) is 0 Å². The first-order valence-electron chi connectivity index (χ1n) is 14.8. The zero-order chi connectivity index (χ0) is 27.6. The molecule has 2 nitrogen and oxygen atoms in total. The number of para-hydroxylation sites is 3. The Morgan fingerprint density at radius 1 is 0.381 bits per heavy atom. The topological polar surface area (TPSA) is 9.86 Å². The van der Waals surface area contributed by atoms with Gasteiger partial charge in [0.05, 0.1) is 22.2 Å². The standard InChI is InChI=1S/C40H28N2/c1-2-10-32-29(9-1)21-26-36-35-13-5-8-16-39(35)42(40(32)36)31-24-19-28(20-25-31)27-17-22-30(23-18-27)41-37-14-6-3-11-33(37)34-12-4-7-15-38(34)41/h1-20,22-25H,21,26H2. The van der Waals surface area contributed by atoms with Crippen LogP contribution in [0.4, 0.5) is 0 Å². The van der Waals surface area contributed by atoms with Crippen LogP contribution in [-0.2, 0) is 12.8 Å². The molecule has 0 N–H and O–H groups in total. The average molecular weight is 537 g/mol. The highest BCUT2D eigenvalue weighted by atomic mass is 15.0. The van der Waals surface area contributed by atoms with Crippen LogP contribution >= 0.6 is 0 Å². The lowest BCUT2D eigenvalue weighted by molar-refractivity contribution is 0.934. The van der Waals surface area contributed by atoms with Crippen molar-refractivity contribution in [3.8, 4) is 33.8 Å². The average Bonchev–Trinajstić information content (AvgIpc) is 3.58. The monoisotopic (exact) mass is 536 g/mol. The van der Waals surface area contributed by atoms with Crippen molar-refractivity contribution in [2.75, 3.05) is 0 Å². The molecule has 8 aromatic rings. The summed E-state index contributed by atoms with van der Waals surface area (Å²) in [6.45, 7) is 0. The fourth-order valence-electron chi connectivity index (χ4n) is 7.15. The minimum Gasteiger partial charge on any atom is -0.309 e. The Balaban J connectivity index is 1.12. The lowest BCUT2D eigenvalue weighted by Gasteiger charge is -2.20. The van der Waals surface area contributed by atoms with E-state index in [-0.39, 0.29) is 0 Å². The smallest absolute Gasteiger partial charge is 0.0575 e. The molecule has 6 aromatic carbocycles. The van der Waals surface area contributed by atoms with E-state index in [1.54, 1.807) is 0 Å². The molecule has 198 valence electrons. The van der Waals surface area contributed by atoms with Gasteiger partial charge in [-0.25, -0.2) is 0 Å². The second-order valence-electron chi connectivity index (χ2n) is 11.3. The van der Waals surface area contributed by atoms with Crippen LogP contribution in [0.25, 0.3) is 66.5 Å². The van der Waals surface area contributed by atoms with Gasteiger partial charge in [-0.15, -0.1) is 0 Å². The van der Waals surface area contributed by atoms with E-state index in [1.165, 1.54) is 77.6 Å². The van der Waals surface area contributed by atoms with Gasteiger partial charge in [0.1, 0.15) is 0 Å². The molecule has 2 heterocycles. The fourth-order valence-corrected chi connectivity index (χ4v) is 7.15. The Labute approximate surface area is 244 Å². The number of rotatable bonds is 3. The van der Waals surface area contributed by atoms with Gasteiger partial charge in [-0.1, -0.05) is 103 Å². The summed E-state index contributed by atoms with van der Waals surface area (Å²) in [5.41, 5.74) is 14.2. The highest BCUT2D eigenvalue weighted by Crippen LogP contribution is 2.42. The molecule has 0 atom stereocenters. The normalized spacial score (nSPS) is 12.6. The third-order valence-corrected chi connectivity index (χ3v) is 9.06. The third-order valence-electron chi connectivity index (χ3n) is 9.06. The van der Waals surface area contributed by atoms with E-state index in [2.05, 4.69) is 155 Å². The number of hydrogen-bond acceptors (Lipinski definition) is 0. The van der Waals surface area contributed by atoms with Crippen LogP contribution in [0.2, 0.25) is 0 Å². The first-order valence-corrected chi connectivity index (χ1v) is 14.8. The van der Waals surface area contributed by atoms with Gasteiger partial charge in [-0.2, -0.15) is 0 Å². The second kappa shape index (κ2) is 9.09. The molecule has 1 aliphatic rings.